The van der Waals surface area contributed by atoms with E-state index in [0.29, 0.717) is 18.8 Å². The van der Waals surface area contributed by atoms with E-state index in [0.717, 1.165) is 15.7 Å². The first-order chi connectivity index (χ1) is 10.2. The lowest BCUT2D eigenvalue weighted by atomic mass is 10.1. The van der Waals surface area contributed by atoms with Gasteiger partial charge in [-0.25, -0.2) is 0 Å². The number of hydrogen-bond acceptors (Lipinski definition) is 3. The van der Waals surface area contributed by atoms with Crippen LogP contribution in [0.5, 0.6) is 0 Å². The molecule has 0 aliphatic carbocycles. The molecule has 2 aromatic carbocycles. The van der Waals surface area contributed by atoms with Crippen molar-refractivity contribution < 1.29 is 14.3 Å². The fraction of sp³-hybridized carbons (Fsp3) is 0.188. The van der Waals surface area contributed by atoms with Gasteiger partial charge in [0.1, 0.15) is 0 Å². The normalized spacial score (nSPS) is 15.1. The summed E-state index contributed by atoms with van der Waals surface area (Å²) in [7, 11) is 0. The van der Waals surface area contributed by atoms with Gasteiger partial charge in [0.15, 0.2) is 6.29 Å². The van der Waals surface area contributed by atoms with Crippen LogP contribution in [-0.4, -0.2) is 19.1 Å². The summed E-state index contributed by atoms with van der Waals surface area (Å²) in [6, 6.07) is 14.8. The number of carbonyl (C=O) groups excluding carboxylic acids is 1. The Kier molecular flexibility index (Phi) is 4.34. The van der Waals surface area contributed by atoms with Gasteiger partial charge < -0.3 is 14.8 Å². The fourth-order valence-corrected chi connectivity index (χ4v) is 2.58. The molecule has 5 heteroatoms. The molecule has 21 heavy (non-hydrogen) atoms. The lowest BCUT2D eigenvalue weighted by molar-refractivity contribution is -0.0441. The summed E-state index contributed by atoms with van der Waals surface area (Å²) in [6.07, 6.45) is -0.294. The monoisotopic (exact) mass is 347 g/mol. The van der Waals surface area contributed by atoms with E-state index in [4.69, 9.17) is 9.47 Å². The minimum Gasteiger partial charge on any atom is -0.346 e. The number of carbonyl (C=O) groups is 1. The second kappa shape index (κ2) is 6.39. The van der Waals surface area contributed by atoms with Crippen LogP contribution >= 0.6 is 15.9 Å². The van der Waals surface area contributed by atoms with Crippen LogP contribution in [-0.2, 0) is 9.47 Å². The van der Waals surface area contributed by atoms with Gasteiger partial charge in [0, 0.05) is 15.7 Å². The molecule has 3 rings (SSSR count). The van der Waals surface area contributed by atoms with Crippen molar-refractivity contribution in [2.75, 3.05) is 18.5 Å². The molecule has 1 heterocycles. The number of ether oxygens (including phenoxy) is 2. The summed E-state index contributed by atoms with van der Waals surface area (Å²) in [4.78, 5) is 12.2. The van der Waals surface area contributed by atoms with Crippen LogP contribution in [0.2, 0.25) is 0 Å². The van der Waals surface area contributed by atoms with E-state index in [9.17, 15) is 4.79 Å². The van der Waals surface area contributed by atoms with E-state index >= 15 is 0 Å². The van der Waals surface area contributed by atoms with Gasteiger partial charge in [-0.2, -0.15) is 0 Å². The molecule has 0 bridgehead atoms. The summed E-state index contributed by atoms with van der Waals surface area (Å²) in [5.74, 6) is -0.149. The zero-order valence-corrected chi connectivity index (χ0v) is 12.8. The Hall–Kier alpha value is -1.69. The second-order valence-electron chi connectivity index (χ2n) is 4.63. The van der Waals surface area contributed by atoms with Gasteiger partial charge in [0.05, 0.1) is 18.8 Å². The summed E-state index contributed by atoms with van der Waals surface area (Å²) >= 11 is 3.37. The molecule has 1 aliphatic heterocycles. The molecule has 1 N–H and O–H groups in total. The Morgan fingerprint density at radius 3 is 2.38 bits per heavy atom. The van der Waals surface area contributed by atoms with Gasteiger partial charge in [0.25, 0.3) is 5.91 Å². The van der Waals surface area contributed by atoms with Gasteiger partial charge in [0.2, 0.25) is 0 Å². The maximum absolute atomic E-state index is 12.2. The first kappa shape index (κ1) is 14.3. The van der Waals surface area contributed by atoms with Gasteiger partial charge in [-0.15, -0.1) is 0 Å². The van der Waals surface area contributed by atoms with Crippen molar-refractivity contribution in [2.45, 2.75) is 6.29 Å². The van der Waals surface area contributed by atoms with Crippen LogP contribution in [0.25, 0.3) is 0 Å². The number of amides is 1. The van der Waals surface area contributed by atoms with Crippen LogP contribution in [0.1, 0.15) is 22.2 Å². The van der Waals surface area contributed by atoms with Crippen molar-refractivity contribution in [3.8, 4) is 0 Å². The second-order valence-corrected chi connectivity index (χ2v) is 5.48. The van der Waals surface area contributed by atoms with E-state index in [1.54, 1.807) is 6.07 Å². The van der Waals surface area contributed by atoms with Crippen molar-refractivity contribution in [3.63, 3.8) is 0 Å². The number of anilines is 1. The molecule has 1 saturated heterocycles. The zero-order valence-electron chi connectivity index (χ0n) is 11.2. The number of hydrogen-bond donors (Lipinski definition) is 1. The van der Waals surface area contributed by atoms with Crippen LogP contribution < -0.4 is 5.32 Å². The summed E-state index contributed by atoms with van der Waals surface area (Å²) in [5, 5.41) is 2.87. The van der Waals surface area contributed by atoms with Gasteiger partial charge >= 0.3 is 0 Å². The van der Waals surface area contributed by atoms with Crippen molar-refractivity contribution in [3.05, 3.63) is 64.1 Å². The number of benzene rings is 2. The highest BCUT2D eigenvalue weighted by molar-refractivity contribution is 9.10. The highest BCUT2D eigenvalue weighted by Crippen LogP contribution is 2.25. The maximum atomic E-state index is 12.2. The molecule has 1 aliphatic rings. The van der Waals surface area contributed by atoms with Crippen molar-refractivity contribution in [1.29, 1.82) is 0 Å². The SMILES string of the molecule is O=C(Nc1ccc(C2OCCO2)cc1)c1ccccc1Br. The van der Waals surface area contributed by atoms with Gasteiger partial charge in [-0.3, -0.25) is 4.79 Å². The largest absolute Gasteiger partial charge is 0.346 e. The molecule has 0 saturated carbocycles. The van der Waals surface area contributed by atoms with Crippen LogP contribution in [0.3, 0.4) is 0 Å². The Balaban J connectivity index is 1.70. The van der Waals surface area contributed by atoms with Gasteiger partial charge in [-0.05, 0) is 40.2 Å². The minimum atomic E-state index is -0.294. The molecule has 108 valence electrons. The molecule has 0 radical (unpaired) electrons. The third kappa shape index (κ3) is 3.32. The molecule has 0 spiro atoms. The molecular weight excluding hydrogens is 334 g/mol. The van der Waals surface area contributed by atoms with E-state index in [1.807, 2.05) is 42.5 Å². The third-order valence-corrected chi connectivity index (χ3v) is 3.87. The number of halogens is 1. The number of rotatable bonds is 3. The van der Waals surface area contributed by atoms with E-state index in [1.165, 1.54) is 0 Å². The van der Waals surface area contributed by atoms with E-state index in [2.05, 4.69) is 21.2 Å². The molecule has 4 nitrogen and oxygen atoms in total. The summed E-state index contributed by atoms with van der Waals surface area (Å²) in [5.41, 5.74) is 2.29. The Morgan fingerprint density at radius 2 is 1.71 bits per heavy atom. The molecule has 0 unspecified atom stereocenters. The van der Waals surface area contributed by atoms with Crippen LogP contribution in [0, 0.1) is 0 Å². The standard InChI is InChI=1S/C16H14BrNO3/c17-14-4-2-1-3-13(14)15(19)18-12-7-5-11(6-8-12)16-20-9-10-21-16/h1-8,16H,9-10H2,(H,18,19). The Bertz CT molecular complexity index is 636. The van der Waals surface area contributed by atoms with E-state index in [-0.39, 0.29) is 12.2 Å². The Morgan fingerprint density at radius 1 is 1.05 bits per heavy atom. The summed E-state index contributed by atoms with van der Waals surface area (Å²) < 4.78 is 11.6. The van der Waals surface area contributed by atoms with Gasteiger partial charge in [-0.1, -0.05) is 24.3 Å². The first-order valence-corrected chi connectivity index (χ1v) is 7.42. The lowest BCUT2D eigenvalue weighted by Crippen LogP contribution is -2.12. The number of nitrogens with one attached hydrogen (secondary N) is 1. The molecule has 0 atom stereocenters. The van der Waals surface area contributed by atoms with Crippen molar-refractivity contribution in [2.24, 2.45) is 0 Å². The fourth-order valence-electron chi connectivity index (χ4n) is 2.12. The quantitative estimate of drug-likeness (QED) is 0.919. The smallest absolute Gasteiger partial charge is 0.256 e. The van der Waals surface area contributed by atoms with Crippen molar-refractivity contribution >= 4 is 27.5 Å². The predicted octanol–water partition coefficient (Wildman–Crippen LogP) is 3.75. The van der Waals surface area contributed by atoms with E-state index < -0.39 is 0 Å². The maximum Gasteiger partial charge on any atom is 0.256 e. The minimum absolute atomic E-state index is 0.149. The Labute approximate surface area is 131 Å². The highest BCUT2D eigenvalue weighted by atomic mass is 79.9. The zero-order chi connectivity index (χ0) is 14.7. The molecule has 0 aromatic heterocycles. The third-order valence-electron chi connectivity index (χ3n) is 3.18. The predicted molar refractivity (Wildman–Crippen MR) is 83.2 cm³/mol. The highest BCUT2D eigenvalue weighted by Gasteiger charge is 2.18. The summed E-state index contributed by atoms with van der Waals surface area (Å²) in [6.45, 7) is 1.23. The lowest BCUT2D eigenvalue weighted by Gasteiger charge is -2.11. The molecular formula is C16H14BrNO3. The van der Waals surface area contributed by atoms with Crippen LogP contribution in [0.4, 0.5) is 5.69 Å². The molecule has 1 amide bonds. The molecule has 1 fully saturated rings. The average molecular weight is 348 g/mol. The van der Waals surface area contributed by atoms with Crippen molar-refractivity contribution in [1.82, 2.24) is 0 Å². The topological polar surface area (TPSA) is 47.6 Å². The first-order valence-electron chi connectivity index (χ1n) is 6.63. The molecule has 2 aromatic rings. The average Bonchev–Trinajstić information content (AvgIpc) is 3.02. The van der Waals surface area contributed by atoms with Crippen LogP contribution in [0.15, 0.2) is 53.0 Å².